The molecule has 0 radical (unpaired) electrons. The highest BCUT2D eigenvalue weighted by Gasteiger charge is 2.27. The lowest BCUT2D eigenvalue weighted by atomic mass is 10.0. The number of nitrogens with zero attached hydrogens (tertiary/aromatic N) is 5. The average Bonchev–Trinajstić information content (AvgIpc) is 3.43. The zero-order valence-electron chi connectivity index (χ0n) is 21.5. The zero-order chi connectivity index (χ0) is 27.4. The van der Waals surface area contributed by atoms with Gasteiger partial charge in [0.1, 0.15) is 22.4 Å². The second-order valence-corrected chi connectivity index (χ2v) is 10.9. The molecule has 1 fully saturated rings. The third-order valence-electron chi connectivity index (χ3n) is 6.55. The van der Waals surface area contributed by atoms with E-state index in [0.717, 1.165) is 13.1 Å². The van der Waals surface area contributed by atoms with Gasteiger partial charge in [0.15, 0.2) is 0 Å². The minimum atomic E-state index is -0.921. The van der Waals surface area contributed by atoms with E-state index < -0.39 is 28.6 Å². The van der Waals surface area contributed by atoms with E-state index >= 15 is 0 Å². The van der Waals surface area contributed by atoms with E-state index in [4.69, 9.17) is 23.2 Å². The Hall–Kier alpha value is -3.02. The molecule has 10 nitrogen and oxygen atoms in total. The third kappa shape index (κ3) is 6.69. The van der Waals surface area contributed by atoms with Crippen LogP contribution in [-0.2, 0) is 11.3 Å². The van der Waals surface area contributed by atoms with Crippen molar-refractivity contribution in [3.05, 3.63) is 47.4 Å². The summed E-state index contributed by atoms with van der Waals surface area (Å²) in [5.41, 5.74) is 2.62. The van der Waals surface area contributed by atoms with Crippen LogP contribution in [0.4, 0.5) is 10.2 Å². The van der Waals surface area contributed by atoms with Gasteiger partial charge < -0.3 is 15.5 Å². The Bertz CT molecular complexity index is 1270. The van der Waals surface area contributed by atoms with Gasteiger partial charge in [-0.25, -0.2) is 4.98 Å². The number of anilines is 1. The van der Waals surface area contributed by atoms with Gasteiger partial charge in [0.25, 0.3) is 5.91 Å². The molecule has 0 unspecified atom stereocenters. The molecule has 13 heteroatoms. The number of aromatic amines is 1. The standard InChI is InChI=1S/C25H31Cl2FN8O2/c1-14-22(15(2)34-33-14)17-7-8-21(31-23(17)28)32-24(37)18(5-4-6-20(26)27)30-25(38)19-9-10-29-36(19)13-16-11-35(3)12-16/h7-10,16,18,20H,4-6,11-13H2,1-3H3,(H,30,38)(H,33,34)(H,31,32,37)/t18-/m0/s1. The molecule has 3 N–H and O–H groups in total. The van der Waals surface area contributed by atoms with Crippen molar-refractivity contribution in [3.63, 3.8) is 0 Å². The average molecular weight is 565 g/mol. The highest BCUT2D eigenvalue weighted by Crippen LogP contribution is 2.28. The van der Waals surface area contributed by atoms with Crippen molar-refractivity contribution >= 4 is 40.8 Å². The molecule has 3 aromatic rings. The maximum Gasteiger partial charge on any atom is 0.270 e. The lowest BCUT2D eigenvalue weighted by Gasteiger charge is -2.36. The molecular formula is C25H31Cl2FN8O2. The van der Waals surface area contributed by atoms with Crippen LogP contribution in [-0.4, -0.2) is 72.7 Å². The van der Waals surface area contributed by atoms with Crippen LogP contribution in [0.5, 0.6) is 0 Å². The molecule has 204 valence electrons. The summed E-state index contributed by atoms with van der Waals surface area (Å²) in [6, 6.07) is 3.75. The predicted molar refractivity (Wildman–Crippen MR) is 144 cm³/mol. The lowest BCUT2D eigenvalue weighted by molar-refractivity contribution is -0.118. The van der Waals surface area contributed by atoms with Crippen LogP contribution >= 0.6 is 23.2 Å². The lowest BCUT2D eigenvalue weighted by Crippen LogP contribution is -2.47. The van der Waals surface area contributed by atoms with E-state index in [0.29, 0.717) is 47.9 Å². The molecule has 1 aliphatic rings. The number of aromatic nitrogens is 5. The maximum atomic E-state index is 14.9. The van der Waals surface area contributed by atoms with Crippen molar-refractivity contribution in [1.82, 2.24) is 35.2 Å². The summed E-state index contributed by atoms with van der Waals surface area (Å²) in [6.07, 6.45) is 2.78. The first-order valence-corrected chi connectivity index (χ1v) is 13.3. The first kappa shape index (κ1) is 28.0. The molecule has 38 heavy (non-hydrogen) atoms. The first-order valence-electron chi connectivity index (χ1n) is 12.4. The van der Waals surface area contributed by atoms with Crippen LogP contribution < -0.4 is 10.6 Å². The number of hydrogen-bond acceptors (Lipinski definition) is 6. The van der Waals surface area contributed by atoms with E-state index in [1.54, 1.807) is 36.9 Å². The van der Waals surface area contributed by atoms with E-state index in [-0.39, 0.29) is 17.8 Å². The Balaban J connectivity index is 1.46. The fourth-order valence-electron chi connectivity index (χ4n) is 4.69. The van der Waals surface area contributed by atoms with Crippen LogP contribution in [0.2, 0.25) is 0 Å². The summed E-state index contributed by atoms with van der Waals surface area (Å²) in [6.45, 7) is 6.05. The largest absolute Gasteiger partial charge is 0.339 e. The number of hydrogen-bond donors (Lipinski definition) is 3. The Labute approximate surface area is 230 Å². The summed E-state index contributed by atoms with van der Waals surface area (Å²) in [5, 5.41) is 16.6. The number of H-pyrrole nitrogens is 1. The number of carbonyl (C=O) groups excluding carboxylic acids is 2. The van der Waals surface area contributed by atoms with Crippen LogP contribution in [0.3, 0.4) is 0 Å². The molecule has 0 aliphatic carbocycles. The van der Waals surface area contributed by atoms with E-state index in [9.17, 15) is 14.0 Å². The van der Waals surface area contributed by atoms with Gasteiger partial charge in [-0.2, -0.15) is 14.6 Å². The maximum absolute atomic E-state index is 14.9. The van der Waals surface area contributed by atoms with Crippen molar-refractivity contribution in [3.8, 4) is 11.1 Å². The second-order valence-electron chi connectivity index (χ2n) is 9.67. The molecule has 1 saturated heterocycles. The first-order chi connectivity index (χ1) is 18.1. The Morgan fingerprint density at radius 3 is 2.61 bits per heavy atom. The van der Waals surface area contributed by atoms with Gasteiger partial charge in [-0.05, 0) is 58.4 Å². The van der Waals surface area contributed by atoms with Crippen LogP contribution in [0, 0.1) is 25.7 Å². The smallest absolute Gasteiger partial charge is 0.270 e. The normalized spacial score (nSPS) is 14.9. The molecule has 3 aromatic heterocycles. The quantitative estimate of drug-likeness (QED) is 0.241. The number of amides is 2. The summed E-state index contributed by atoms with van der Waals surface area (Å²) in [4.78, 5) is 31.9. The second kappa shape index (κ2) is 12.2. The van der Waals surface area contributed by atoms with Gasteiger partial charge in [0, 0.05) is 48.6 Å². The zero-order valence-corrected chi connectivity index (χ0v) is 23.0. The van der Waals surface area contributed by atoms with Crippen molar-refractivity contribution in [2.24, 2.45) is 5.92 Å². The van der Waals surface area contributed by atoms with Crippen molar-refractivity contribution in [1.29, 1.82) is 0 Å². The Kier molecular flexibility index (Phi) is 9.01. The minimum Gasteiger partial charge on any atom is -0.339 e. The van der Waals surface area contributed by atoms with Crippen molar-refractivity contribution in [2.45, 2.75) is 50.5 Å². The number of carbonyl (C=O) groups is 2. The number of alkyl halides is 2. The number of likely N-dealkylation sites (tertiary alicyclic amines) is 1. The van der Waals surface area contributed by atoms with Crippen molar-refractivity contribution < 1.29 is 14.0 Å². The highest BCUT2D eigenvalue weighted by atomic mass is 35.5. The molecule has 1 atom stereocenters. The number of nitrogens with one attached hydrogen (secondary N) is 3. The molecule has 1 aliphatic heterocycles. The molecule has 2 amide bonds. The van der Waals surface area contributed by atoms with Crippen LogP contribution in [0.1, 0.15) is 41.1 Å². The molecule has 4 heterocycles. The highest BCUT2D eigenvalue weighted by molar-refractivity contribution is 6.44. The molecule has 0 aromatic carbocycles. The molecule has 0 saturated carbocycles. The molecule has 0 bridgehead atoms. The van der Waals surface area contributed by atoms with E-state index in [2.05, 4.69) is 35.8 Å². The topological polar surface area (TPSA) is 121 Å². The van der Waals surface area contributed by atoms with Gasteiger partial charge in [-0.15, -0.1) is 23.2 Å². The van der Waals surface area contributed by atoms with Gasteiger partial charge in [-0.1, -0.05) is 0 Å². The van der Waals surface area contributed by atoms with Crippen molar-refractivity contribution in [2.75, 3.05) is 25.5 Å². The number of halogens is 3. The Morgan fingerprint density at radius 1 is 1.21 bits per heavy atom. The fraction of sp³-hybridized carbons (Fsp3) is 0.480. The number of rotatable bonds is 11. The summed E-state index contributed by atoms with van der Waals surface area (Å²) >= 11 is 11.7. The number of aryl methyl sites for hydroxylation is 2. The summed E-state index contributed by atoms with van der Waals surface area (Å²) < 4.78 is 16.6. The van der Waals surface area contributed by atoms with Gasteiger partial charge in [0.05, 0.1) is 5.69 Å². The summed E-state index contributed by atoms with van der Waals surface area (Å²) in [5.74, 6) is -1.26. The monoisotopic (exact) mass is 564 g/mol. The van der Waals surface area contributed by atoms with Crippen LogP contribution in [0.15, 0.2) is 24.4 Å². The Morgan fingerprint density at radius 2 is 1.97 bits per heavy atom. The summed E-state index contributed by atoms with van der Waals surface area (Å²) in [7, 11) is 2.04. The van der Waals surface area contributed by atoms with Gasteiger partial charge >= 0.3 is 0 Å². The number of pyridine rings is 1. The molecular weight excluding hydrogens is 534 g/mol. The predicted octanol–water partition coefficient (Wildman–Crippen LogP) is 3.70. The molecule has 0 spiro atoms. The molecule has 4 rings (SSSR count). The van der Waals surface area contributed by atoms with Gasteiger partial charge in [0.2, 0.25) is 11.9 Å². The van der Waals surface area contributed by atoms with Gasteiger partial charge in [-0.3, -0.25) is 19.4 Å². The SMILES string of the molecule is Cc1n[nH]c(C)c1-c1ccc(NC(=O)[C@H](CCCC(Cl)Cl)NC(=O)c2ccnn2CC2CN(C)C2)nc1F. The van der Waals surface area contributed by atoms with E-state index in [1.165, 1.54) is 6.07 Å². The van der Waals surface area contributed by atoms with E-state index in [1.807, 2.05) is 7.05 Å². The fourth-order valence-corrected chi connectivity index (χ4v) is 5.00. The third-order valence-corrected chi connectivity index (χ3v) is 6.99. The van der Waals surface area contributed by atoms with Crippen LogP contribution in [0.25, 0.3) is 11.1 Å². The minimum absolute atomic E-state index is 0.0287.